The van der Waals surface area contributed by atoms with Gasteiger partial charge in [0.05, 0.1) is 6.61 Å². The molecule has 2 aromatic rings. The number of nitrogens with one attached hydrogen (secondary N) is 1. The molecule has 0 fully saturated rings. The largest absolute Gasteiger partial charge is 0.478 e. The number of hydrogen-bond acceptors (Lipinski definition) is 5. The molecule has 0 saturated carbocycles. The van der Waals surface area contributed by atoms with Gasteiger partial charge in [0.2, 0.25) is 11.8 Å². The maximum absolute atomic E-state index is 5.31. The van der Waals surface area contributed by atoms with Gasteiger partial charge in [0.25, 0.3) is 0 Å². The number of aryl methyl sites for hydroxylation is 1. The Kier molecular flexibility index (Phi) is 4.06. The molecule has 1 N–H and O–H groups in total. The van der Waals surface area contributed by atoms with E-state index in [1.807, 2.05) is 32.2 Å². The van der Waals surface area contributed by atoms with Crippen molar-refractivity contribution in [1.29, 1.82) is 0 Å². The SMILES string of the molecule is CCOc1ccnc(NCc2ccc(C)nc2)n1. The summed E-state index contributed by atoms with van der Waals surface area (Å²) in [6, 6.07) is 5.75. The summed E-state index contributed by atoms with van der Waals surface area (Å²) in [5.41, 5.74) is 2.10. The minimum absolute atomic E-state index is 0.557. The van der Waals surface area contributed by atoms with Crippen molar-refractivity contribution in [3.05, 3.63) is 41.9 Å². The standard InChI is InChI=1S/C13H16N4O/c1-3-18-12-6-7-14-13(17-12)16-9-11-5-4-10(2)15-8-11/h4-8H,3,9H2,1-2H3,(H,14,16,17). The van der Waals surface area contributed by atoms with Gasteiger partial charge in [-0.25, -0.2) is 4.98 Å². The summed E-state index contributed by atoms with van der Waals surface area (Å²) >= 11 is 0. The van der Waals surface area contributed by atoms with Gasteiger partial charge in [-0.05, 0) is 25.5 Å². The fraction of sp³-hybridized carbons (Fsp3) is 0.308. The third-order valence-electron chi connectivity index (χ3n) is 2.35. The molecule has 0 bridgehead atoms. The average Bonchev–Trinajstić information content (AvgIpc) is 2.39. The van der Waals surface area contributed by atoms with Crippen LogP contribution >= 0.6 is 0 Å². The van der Waals surface area contributed by atoms with Crippen molar-refractivity contribution in [2.24, 2.45) is 0 Å². The molecule has 0 radical (unpaired) electrons. The first-order valence-corrected chi connectivity index (χ1v) is 5.89. The number of pyridine rings is 1. The lowest BCUT2D eigenvalue weighted by atomic mass is 10.2. The van der Waals surface area contributed by atoms with E-state index in [9.17, 15) is 0 Å². The third kappa shape index (κ3) is 3.41. The van der Waals surface area contributed by atoms with E-state index in [1.54, 1.807) is 12.3 Å². The zero-order valence-electron chi connectivity index (χ0n) is 10.6. The number of aromatic nitrogens is 3. The summed E-state index contributed by atoms with van der Waals surface area (Å²) in [7, 11) is 0. The van der Waals surface area contributed by atoms with Crippen molar-refractivity contribution in [2.75, 3.05) is 11.9 Å². The maximum Gasteiger partial charge on any atom is 0.226 e. The molecule has 5 nitrogen and oxygen atoms in total. The molecule has 94 valence electrons. The zero-order valence-corrected chi connectivity index (χ0v) is 10.6. The number of ether oxygens (including phenoxy) is 1. The molecule has 0 aliphatic carbocycles. The van der Waals surface area contributed by atoms with Crippen LogP contribution in [0.4, 0.5) is 5.95 Å². The molecule has 2 aromatic heterocycles. The van der Waals surface area contributed by atoms with E-state index in [1.165, 1.54) is 0 Å². The highest BCUT2D eigenvalue weighted by molar-refractivity contribution is 5.29. The molecule has 0 amide bonds. The molecular formula is C13H16N4O. The van der Waals surface area contributed by atoms with Crippen molar-refractivity contribution in [3.8, 4) is 5.88 Å². The monoisotopic (exact) mass is 244 g/mol. The Morgan fingerprint density at radius 2 is 2.11 bits per heavy atom. The van der Waals surface area contributed by atoms with Gasteiger partial charge in [0.15, 0.2) is 0 Å². The Balaban J connectivity index is 1.97. The summed E-state index contributed by atoms with van der Waals surface area (Å²) in [5, 5.41) is 3.14. The minimum atomic E-state index is 0.557. The molecule has 0 atom stereocenters. The van der Waals surface area contributed by atoms with Crippen molar-refractivity contribution >= 4 is 5.95 Å². The summed E-state index contributed by atoms with van der Waals surface area (Å²) in [6.45, 7) is 5.13. The predicted octanol–water partition coefficient (Wildman–Crippen LogP) is 2.19. The number of rotatable bonds is 5. The molecule has 0 spiro atoms. The lowest BCUT2D eigenvalue weighted by Gasteiger charge is -2.06. The van der Waals surface area contributed by atoms with Gasteiger partial charge in [-0.2, -0.15) is 4.98 Å². The van der Waals surface area contributed by atoms with Gasteiger partial charge in [0, 0.05) is 30.7 Å². The van der Waals surface area contributed by atoms with Crippen molar-refractivity contribution < 1.29 is 4.74 Å². The van der Waals surface area contributed by atoms with Gasteiger partial charge in [-0.15, -0.1) is 0 Å². The highest BCUT2D eigenvalue weighted by Gasteiger charge is 1.99. The van der Waals surface area contributed by atoms with Crippen LogP contribution in [-0.4, -0.2) is 21.6 Å². The molecular weight excluding hydrogens is 228 g/mol. The normalized spacial score (nSPS) is 10.1. The Labute approximate surface area is 106 Å². The first kappa shape index (κ1) is 12.3. The number of nitrogens with zero attached hydrogens (tertiary/aromatic N) is 3. The fourth-order valence-corrected chi connectivity index (χ4v) is 1.44. The van der Waals surface area contributed by atoms with Crippen LogP contribution in [0.1, 0.15) is 18.2 Å². The van der Waals surface area contributed by atoms with E-state index < -0.39 is 0 Å². The quantitative estimate of drug-likeness (QED) is 0.873. The van der Waals surface area contributed by atoms with Crippen LogP contribution in [-0.2, 0) is 6.54 Å². The van der Waals surface area contributed by atoms with Crippen molar-refractivity contribution in [2.45, 2.75) is 20.4 Å². The Hall–Kier alpha value is -2.17. The summed E-state index contributed by atoms with van der Waals surface area (Å²) < 4.78 is 5.31. The molecule has 2 heterocycles. The van der Waals surface area contributed by atoms with E-state index in [4.69, 9.17) is 4.74 Å². The predicted molar refractivity (Wildman–Crippen MR) is 69.5 cm³/mol. The van der Waals surface area contributed by atoms with Crippen LogP contribution in [0, 0.1) is 6.92 Å². The average molecular weight is 244 g/mol. The first-order valence-electron chi connectivity index (χ1n) is 5.89. The van der Waals surface area contributed by atoms with Crippen molar-refractivity contribution in [1.82, 2.24) is 15.0 Å². The Morgan fingerprint density at radius 3 is 2.83 bits per heavy atom. The summed E-state index contributed by atoms with van der Waals surface area (Å²) in [4.78, 5) is 12.6. The van der Waals surface area contributed by atoms with Gasteiger partial charge in [-0.3, -0.25) is 4.98 Å². The highest BCUT2D eigenvalue weighted by atomic mass is 16.5. The molecule has 18 heavy (non-hydrogen) atoms. The molecule has 0 aliphatic heterocycles. The molecule has 0 aliphatic rings. The number of anilines is 1. The lowest BCUT2D eigenvalue weighted by molar-refractivity contribution is 0.326. The van der Waals surface area contributed by atoms with Gasteiger partial charge < -0.3 is 10.1 Å². The molecule has 2 rings (SSSR count). The Morgan fingerprint density at radius 1 is 1.22 bits per heavy atom. The molecule has 0 saturated heterocycles. The zero-order chi connectivity index (χ0) is 12.8. The van der Waals surface area contributed by atoms with Gasteiger partial charge in [-0.1, -0.05) is 6.07 Å². The topological polar surface area (TPSA) is 59.9 Å². The third-order valence-corrected chi connectivity index (χ3v) is 2.35. The van der Waals surface area contributed by atoms with Gasteiger partial charge in [0.1, 0.15) is 0 Å². The Bertz CT molecular complexity index is 499. The van der Waals surface area contributed by atoms with E-state index >= 15 is 0 Å². The molecule has 0 unspecified atom stereocenters. The molecule has 5 heteroatoms. The van der Waals surface area contributed by atoms with E-state index in [-0.39, 0.29) is 0 Å². The van der Waals surface area contributed by atoms with Crippen LogP contribution in [0.2, 0.25) is 0 Å². The van der Waals surface area contributed by atoms with Crippen LogP contribution in [0.15, 0.2) is 30.6 Å². The first-order chi connectivity index (χ1) is 8.78. The smallest absolute Gasteiger partial charge is 0.226 e. The molecule has 0 aromatic carbocycles. The van der Waals surface area contributed by atoms with Crippen molar-refractivity contribution in [3.63, 3.8) is 0 Å². The maximum atomic E-state index is 5.31. The van der Waals surface area contributed by atoms with E-state index in [0.717, 1.165) is 11.3 Å². The van der Waals surface area contributed by atoms with Crippen LogP contribution < -0.4 is 10.1 Å². The second kappa shape index (κ2) is 5.95. The van der Waals surface area contributed by atoms with Crippen LogP contribution in [0.3, 0.4) is 0 Å². The van der Waals surface area contributed by atoms with Crippen LogP contribution in [0.5, 0.6) is 5.88 Å². The lowest BCUT2D eigenvalue weighted by Crippen LogP contribution is -2.05. The van der Waals surface area contributed by atoms with E-state index in [2.05, 4.69) is 20.3 Å². The minimum Gasteiger partial charge on any atom is -0.478 e. The van der Waals surface area contributed by atoms with E-state index in [0.29, 0.717) is 25.0 Å². The summed E-state index contributed by atoms with van der Waals surface area (Å²) in [6.07, 6.45) is 3.52. The number of hydrogen-bond donors (Lipinski definition) is 1. The second-order valence-electron chi connectivity index (χ2n) is 3.81. The summed E-state index contributed by atoms with van der Waals surface area (Å²) in [5.74, 6) is 1.14. The second-order valence-corrected chi connectivity index (χ2v) is 3.81. The van der Waals surface area contributed by atoms with Crippen LogP contribution in [0.25, 0.3) is 0 Å². The highest BCUT2D eigenvalue weighted by Crippen LogP contribution is 2.09. The fourth-order valence-electron chi connectivity index (χ4n) is 1.44. The van der Waals surface area contributed by atoms with Gasteiger partial charge >= 0.3 is 0 Å².